The maximum absolute atomic E-state index is 14.0. The second-order valence-electron chi connectivity index (χ2n) is 12.0. The minimum Gasteiger partial charge on any atom is -0.508 e. The summed E-state index contributed by atoms with van der Waals surface area (Å²) in [5, 5.41) is 13.6. The molecule has 9 nitrogen and oxygen atoms in total. The Hall–Kier alpha value is -3.58. The summed E-state index contributed by atoms with van der Waals surface area (Å²) in [7, 11) is 0. The number of thioether (sulfide) groups is 1. The fraction of sp³-hybridized carbons (Fsp3) is 0.273. The number of rotatable bonds is 6. The van der Waals surface area contributed by atoms with E-state index >= 15 is 0 Å². The number of benzene rings is 3. The Labute approximate surface area is 284 Å². The van der Waals surface area contributed by atoms with E-state index in [0.717, 1.165) is 37.7 Å². The average Bonchev–Trinajstić information content (AvgIpc) is 3.77. The number of carbonyl (C=O) groups excluding carboxylic acids is 3. The Morgan fingerprint density at radius 3 is 2.48 bits per heavy atom. The van der Waals surface area contributed by atoms with Gasteiger partial charge in [-0.05, 0) is 90.9 Å². The first-order chi connectivity index (χ1) is 22.2. The fourth-order valence-corrected chi connectivity index (χ4v) is 11.4. The molecule has 2 aliphatic carbocycles. The highest BCUT2D eigenvalue weighted by Crippen LogP contribution is 2.69. The van der Waals surface area contributed by atoms with Crippen LogP contribution in [0.3, 0.4) is 0 Å². The van der Waals surface area contributed by atoms with E-state index in [2.05, 4.69) is 26.2 Å². The Balaban J connectivity index is 1.14. The van der Waals surface area contributed by atoms with E-state index in [9.17, 15) is 24.3 Å². The van der Waals surface area contributed by atoms with Crippen molar-refractivity contribution in [2.24, 2.45) is 29.6 Å². The predicted molar refractivity (Wildman–Crippen MR) is 179 cm³/mol. The average molecular weight is 739 g/mol. The molecule has 0 spiro atoms. The number of hydrogen-bond donors (Lipinski definition) is 3. The summed E-state index contributed by atoms with van der Waals surface area (Å²) >= 11 is 12.5. The molecule has 3 aromatic carbocycles. The van der Waals surface area contributed by atoms with Crippen LogP contribution in [0.5, 0.6) is 11.5 Å². The normalized spacial score (nSPS) is 27.3. The van der Waals surface area contributed by atoms with Gasteiger partial charge in [0.25, 0.3) is 5.91 Å². The van der Waals surface area contributed by atoms with Gasteiger partial charge in [-0.2, -0.15) is 0 Å². The number of fused-ring (bicyclic) bond motifs is 9. The SMILES string of the molecule is O=C(COc1ccc(Br)cc1[C@H]1c2sc(=O)[nH]c2SC2C3CC(C4C(=O)N(c5ccc(Cl)cc5)C(=O)C34)C21)Nc1ccc(O)cc1. The zero-order valence-electron chi connectivity index (χ0n) is 23.8. The Morgan fingerprint density at radius 1 is 1.02 bits per heavy atom. The largest absolute Gasteiger partial charge is 0.508 e. The topological polar surface area (TPSA) is 129 Å². The van der Waals surface area contributed by atoms with Crippen molar-refractivity contribution in [2.45, 2.75) is 22.6 Å². The highest BCUT2D eigenvalue weighted by molar-refractivity contribution is 9.10. The highest BCUT2D eigenvalue weighted by Gasteiger charge is 2.69. The number of H-pyrrole nitrogens is 1. The number of aromatic amines is 1. The number of nitrogens with one attached hydrogen (secondary N) is 2. The standard InChI is InChI=1S/C33H25BrClN3O6S2/c34-14-1-10-22(44-13-23(40)36-16-4-8-18(39)9-5-16)19(11-14)24-25-20-12-21(28(25)45-30-29(24)46-33(43)37-30)27-26(20)31(41)38(32(27)42)17-6-2-15(35)3-7-17/h1-11,20-21,24-28,39H,12-13H2,(H,36,40)(H,37,43)/t20?,21?,24-,25?,26?,27?,28?/m1/s1. The second-order valence-corrected chi connectivity index (χ2v) is 15.6. The zero-order valence-corrected chi connectivity index (χ0v) is 27.8. The van der Waals surface area contributed by atoms with Crippen molar-refractivity contribution < 1.29 is 24.2 Å². The van der Waals surface area contributed by atoms with Gasteiger partial charge in [0.05, 0.1) is 22.5 Å². The molecule has 1 aromatic heterocycles. The summed E-state index contributed by atoms with van der Waals surface area (Å²) in [5.74, 6) is -1.46. The van der Waals surface area contributed by atoms with E-state index in [-0.39, 0.29) is 63.9 Å². The van der Waals surface area contributed by atoms with E-state index in [1.165, 1.54) is 17.0 Å². The molecule has 6 unspecified atom stereocenters. The molecule has 3 heterocycles. The van der Waals surface area contributed by atoms with Crippen molar-refractivity contribution in [3.8, 4) is 11.5 Å². The highest BCUT2D eigenvalue weighted by atomic mass is 79.9. The lowest BCUT2D eigenvalue weighted by atomic mass is 9.68. The maximum Gasteiger partial charge on any atom is 0.305 e. The minimum atomic E-state index is -0.456. The van der Waals surface area contributed by atoms with E-state index in [4.69, 9.17) is 16.3 Å². The summed E-state index contributed by atoms with van der Waals surface area (Å²) in [6.07, 6.45) is 0.749. The molecule has 4 aromatic rings. The molecule has 234 valence electrons. The van der Waals surface area contributed by atoms with E-state index in [1.807, 2.05) is 18.2 Å². The fourth-order valence-electron chi connectivity index (χ4n) is 7.99. The Morgan fingerprint density at radius 2 is 1.74 bits per heavy atom. The van der Waals surface area contributed by atoms with Crippen LogP contribution in [-0.4, -0.2) is 39.7 Å². The molecule has 8 rings (SSSR count). The van der Waals surface area contributed by atoms with Gasteiger partial charge in [-0.1, -0.05) is 38.9 Å². The van der Waals surface area contributed by atoms with E-state index in [1.54, 1.807) is 48.2 Å². The molecule has 0 radical (unpaired) electrons. The molecular formula is C33H25BrClN3O6S2. The predicted octanol–water partition coefficient (Wildman–Crippen LogP) is 6.25. The van der Waals surface area contributed by atoms with E-state index in [0.29, 0.717) is 22.1 Å². The van der Waals surface area contributed by atoms with Gasteiger partial charge in [0.2, 0.25) is 11.8 Å². The van der Waals surface area contributed by atoms with Crippen LogP contribution >= 0.6 is 50.6 Å². The van der Waals surface area contributed by atoms with Gasteiger partial charge in [-0.25, -0.2) is 0 Å². The first-order valence-electron chi connectivity index (χ1n) is 14.7. The molecule has 3 amide bonds. The van der Waals surface area contributed by atoms with Gasteiger partial charge in [-0.3, -0.25) is 24.1 Å². The molecule has 7 atom stereocenters. The van der Waals surface area contributed by atoms with Crippen LogP contribution in [0.25, 0.3) is 0 Å². The summed E-state index contributed by atoms with van der Waals surface area (Å²) in [6.45, 7) is -0.263. The second kappa shape index (κ2) is 11.3. The molecule has 46 heavy (non-hydrogen) atoms. The zero-order chi connectivity index (χ0) is 31.9. The van der Waals surface area contributed by atoms with Crippen LogP contribution in [0.1, 0.15) is 22.8 Å². The summed E-state index contributed by atoms with van der Waals surface area (Å²) < 4.78 is 6.96. The Bertz CT molecular complexity index is 1970. The quantitative estimate of drug-likeness (QED) is 0.158. The van der Waals surface area contributed by atoms with Gasteiger partial charge < -0.3 is 20.1 Å². The number of thiazole rings is 1. The number of carbonyl (C=O) groups is 3. The molecule has 2 aliphatic heterocycles. The monoisotopic (exact) mass is 737 g/mol. The number of amides is 3. The number of imide groups is 1. The van der Waals surface area contributed by atoms with Crippen molar-refractivity contribution in [3.63, 3.8) is 0 Å². The Kier molecular flexibility index (Phi) is 7.31. The lowest BCUT2D eigenvalue weighted by Crippen LogP contribution is -2.42. The van der Waals surface area contributed by atoms with Gasteiger partial charge in [-0.15, -0.1) is 11.8 Å². The number of hydrogen-bond acceptors (Lipinski definition) is 8. The smallest absolute Gasteiger partial charge is 0.305 e. The third-order valence-corrected chi connectivity index (χ3v) is 13.0. The summed E-state index contributed by atoms with van der Waals surface area (Å²) in [5.41, 5.74) is 1.86. The van der Waals surface area contributed by atoms with Gasteiger partial charge >= 0.3 is 4.87 Å². The van der Waals surface area contributed by atoms with Crippen LogP contribution < -0.4 is 19.8 Å². The van der Waals surface area contributed by atoms with Crippen LogP contribution in [0.2, 0.25) is 5.02 Å². The van der Waals surface area contributed by atoms with Gasteiger partial charge in [0, 0.05) is 36.8 Å². The number of halogens is 2. The molecular weight excluding hydrogens is 714 g/mol. The van der Waals surface area contributed by atoms with Crippen LogP contribution in [-0.2, 0) is 14.4 Å². The molecule has 1 saturated heterocycles. The third-order valence-electron chi connectivity index (χ3n) is 9.63. The van der Waals surface area contributed by atoms with Crippen molar-refractivity contribution >= 4 is 79.7 Å². The summed E-state index contributed by atoms with van der Waals surface area (Å²) in [4.78, 5) is 58.5. The molecule has 3 N–H and O–H groups in total. The van der Waals surface area contributed by atoms with Crippen LogP contribution in [0.15, 0.2) is 81.0 Å². The molecule has 2 saturated carbocycles. The number of phenolic OH excluding ortho intramolecular Hbond substituents is 1. The number of aromatic hydroxyl groups is 1. The van der Waals surface area contributed by atoms with Crippen molar-refractivity contribution in [3.05, 3.63) is 96.3 Å². The number of anilines is 2. The number of phenols is 1. The third kappa shape index (κ3) is 4.80. The van der Waals surface area contributed by atoms with Crippen LogP contribution in [0, 0.1) is 29.6 Å². The minimum absolute atomic E-state index is 0.000504. The van der Waals surface area contributed by atoms with Gasteiger partial charge in [0.15, 0.2) is 6.61 Å². The maximum atomic E-state index is 14.0. The summed E-state index contributed by atoms with van der Waals surface area (Å²) in [6, 6.07) is 18.5. The van der Waals surface area contributed by atoms with Crippen molar-refractivity contribution in [2.75, 3.05) is 16.8 Å². The molecule has 13 heteroatoms. The molecule has 4 aliphatic rings. The first kappa shape index (κ1) is 29.8. The number of ether oxygens (including phenoxy) is 1. The van der Waals surface area contributed by atoms with Gasteiger partial charge in [0.1, 0.15) is 11.5 Å². The number of aromatic nitrogens is 1. The molecule has 2 bridgehead atoms. The lowest BCUT2D eigenvalue weighted by Gasteiger charge is -2.43. The molecule has 3 fully saturated rings. The van der Waals surface area contributed by atoms with Crippen LogP contribution in [0.4, 0.5) is 11.4 Å². The van der Waals surface area contributed by atoms with Crippen molar-refractivity contribution in [1.29, 1.82) is 0 Å². The number of nitrogens with zero attached hydrogens (tertiary/aromatic N) is 1. The first-order valence-corrected chi connectivity index (χ1v) is 17.6. The van der Waals surface area contributed by atoms with Crippen molar-refractivity contribution in [1.82, 2.24) is 4.98 Å². The lowest BCUT2D eigenvalue weighted by molar-refractivity contribution is -0.123. The van der Waals surface area contributed by atoms with E-state index < -0.39 is 11.8 Å².